The van der Waals surface area contributed by atoms with E-state index in [0.717, 1.165) is 0 Å². The number of nitrogens with zero attached hydrogens (tertiary/aromatic N) is 1. The first-order chi connectivity index (χ1) is 6.37. The molecular weight excluding hydrogens is 180 g/mol. The number of rotatable bonds is 6. The van der Waals surface area contributed by atoms with E-state index in [9.17, 15) is 9.90 Å². The van der Waals surface area contributed by atoms with Gasteiger partial charge in [-0.15, -0.1) is 6.58 Å². The van der Waals surface area contributed by atoms with Crippen molar-refractivity contribution in [2.24, 2.45) is 0 Å². The minimum absolute atomic E-state index is 0.0334. The van der Waals surface area contributed by atoms with Gasteiger partial charge in [-0.2, -0.15) is 0 Å². The third-order valence-electron chi connectivity index (χ3n) is 1.61. The van der Waals surface area contributed by atoms with Gasteiger partial charge in [0.15, 0.2) is 0 Å². The lowest BCUT2D eigenvalue weighted by Crippen LogP contribution is -2.43. The predicted octanol–water partition coefficient (Wildman–Crippen LogP) is -0.00870. The molecule has 0 aromatic carbocycles. The van der Waals surface area contributed by atoms with Crippen molar-refractivity contribution < 1.29 is 9.90 Å². The molecule has 0 rings (SSSR count). The maximum Gasteiger partial charge on any atom is 0.236 e. The maximum absolute atomic E-state index is 11.4. The van der Waals surface area contributed by atoms with Crippen molar-refractivity contribution in [2.45, 2.75) is 19.4 Å². The molecule has 82 valence electrons. The second-order valence-electron chi connectivity index (χ2n) is 3.98. The summed E-state index contributed by atoms with van der Waals surface area (Å²) in [5.41, 5.74) is -0.844. The highest BCUT2D eigenvalue weighted by atomic mass is 16.3. The lowest BCUT2D eigenvalue weighted by molar-refractivity contribution is -0.131. The Bertz CT molecular complexity index is 197. The van der Waals surface area contributed by atoms with Gasteiger partial charge in [-0.05, 0) is 13.8 Å². The van der Waals surface area contributed by atoms with Crippen LogP contribution in [0.4, 0.5) is 0 Å². The van der Waals surface area contributed by atoms with Crippen molar-refractivity contribution >= 4 is 5.91 Å². The van der Waals surface area contributed by atoms with Crippen LogP contribution in [0.2, 0.25) is 0 Å². The molecule has 0 heterocycles. The summed E-state index contributed by atoms with van der Waals surface area (Å²) >= 11 is 0. The van der Waals surface area contributed by atoms with Crippen LogP contribution in [0.5, 0.6) is 0 Å². The molecule has 14 heavy (non-hydrogen) atoms. The Morgan fingerprint density at radius 2 is 2.21 bits per heavy atom. The summed E-state index contributed by atoms with van der Waals surface area (Å²) in [6.45, 7) is 8.11. The summed E-state index contributed by atoms with van der Waals surface area (Å²) in [5.74, 6) is -0.0334. The molecule has 0 aliphatic carbocycles. The van der Waals surface area contributed by atoms with Gasteiger partial charge in [-0.1, -0.05) is 6.08 Å². The summed E-state index contributed by atoms with van der Waals surface area (Å²) in [7, 11) is 1.68. The van der Waals surface area contributed by atoms with Gasteiger partial charge >= 0.3 is 0 Å². The molecule has 0 atom stereocenters. The minimum atomic E-state index is -0.844. The van der Waals surface area contributed by atoms with E-state index in [0.29, 0.717) is 13.1 Å². The van der Waals surface area contributed by atoms with Crippen LogP contribution in [0, 0.1) is 0 Å². The fraction of sp³-hybridized carbons (Fsp3) is 0.700. The van der Waals surface area contributed by atoms with E-state index >= 15 is 0 Å². The molecule has 0 spiro atoms. The Balaban J connectivity index is 3.82. The number of carbonyl (C=O) groups is 1. The monoisotopic (exact) mass is 200 g/mol. The standard InChI is InChI=1S/C10H20N2O2/c1-5-6-11-7-9(13)12(4)8-10(2,3)14/h5,11,14H,1,6-8H2,2-4H3. The predicted molar refractivity (Wildman–Crippen MR) is 57.0 cm³/mol. The number of likely N-dealkylation sites (N-methyl/N-ethyl adjacent to an activating group) is 1. The first-order valence-corrected chi connectivity index (χ1v) is 4.65. The Kier molecular flexibility index (Phi) is 5.42. The van der Waals surface area contributed by atoms with Crippen LogP contribution in [0.25, 0.3) is 0 Å². The highest BCUT2D eigenvalue weighted by molar-refractivity contribution is 5.78. The molecule has 2 N–H and O–H groups in total. The molecule has 0 aliphatic rings. The van der Waals surface area contributed by atoms with Crippen molar-refractivity contribution in [3.05, 3.63) is 12.7 Å². The van der Waals surface area contributed by atoms with Gasteiger partial charge in [0.2, 0.25) is 5.91 Å². The van der Waals surface area contributed by atoms with E-state index in [2.05, 4.69) is 11.9 Å². The summed E-state index contributed by atoms with van der Waals surface area (Å²) < 4.78 is 0. The Hall–Kier alpha value is -0.870. The van der Waals surface area contributed by atoms with Crippen molar-refractivity contribution in [1.29, 1.82) is 0 Å². The molecule has 0 aromatic rings. The molecule has 0 aromatic heterocycles. The number of hydrogen-bond donors (Lipinski definition) is 2. The molecule has 0 saturated carbocycles. The van der Waals surface area contributed by atoms with Crippen molar-refractivity contribution in [2.75, 3.05) is 26.7 Å². The normalized spacial score (nSPS) is 11.1. The van der Waals surface area contributed by atoms with E-state index in [4.69, 9.17) is 0 Å². The van der Waals surface area contributed by atoms with Crippen LogP contribution in [0.15, 0.2) is 12.7 Å². The number of hydrogen-bond acceptors (Lipinski definition) is 3. The van der Waals surface area contributed by atoms with E-state index in [1.54, 1.807) is 27.0 Å². The molecular formula is C10H20N2O2. The Morgan fingerprint density at radius 3 is 2.64 bits per heavy atom. The van der Waals surface area contributed by atoms with E-state index in [-0.39, 0.29) is 12.5 Å². The smallest absolute Gasteiger partial charge is 0.236 e. The van der Waals surface area contributed by atoms with Gasteiger partial charge in [0.05, 0.1) is 12.1 Å². The molecule has 0 fully saturated rings. The quantitative estimate of drug-likeness (QED) is 0.468. The first kappa shape index (κ1) is 13.1. The average Bonchev–Trinajstić information content (AvgIpc) is 2.01. The number of amides is 1. The summed E-state index contributed by atoms with van der Waals surface area (Å²) in [4.78, 5) is 12.9. The topological polar surface area (TPSA) is 52.6 Å². The van der Waals surface area contributed by atoms with Gasteiger partial charge < -0.3 is 15.3 Å². The van der Waals surface area contributed by atoms with E-state index in [1.165, 1.54) is 4.90 Å². The molecule has 0 unspecified atom stereocenters. The fourth-order valence-electron chi connectivity index (χ4n) is 1.08. The maximum atomic E-state index is 11.4. The molecule has 0 bridgehead atoms. The van der Waals surface area contributed by atoms with Gasteiger partial charge in [0, 0.05) is 20.1 Å². The molecule has 4 nitrogen and oxygen atoms in total. The van der Waals surface area contributed by atoms with E-state index < -0.39 is 5.60 Å². The number of nitrogens with one attached hydrogen (secondary N) is 1. The van der Waals surface area contributed by atoms with Crippen LogP contribution in [-0.4, -0.2) is 48.2 Å². The highest BCUT2D eigenvalue weighted by Gasteiger charge is 2.18. The van der Waals surface area contributed by atoms with Gasteiger partial charge in [-0.3, -0.25) is 4.79 Å². The zero-order chi connectivity index (χ0) is 11.2. The van der Waals surface area contributed by atoms with E-state index in [1.807, 2.05) is 0 Å². The lowest BCUT2D eigenvalue weighted by atomic mass is 10.1. The fourth-order valence-corrected chi connectivity index (χ4v) is 1.08. The Morgan fingerprint density at radius 1 is 1.64 bits per heavy atom. The van der Waals surface area contributed by atoms with Gasteiger partial charge in [-0.25, -0.2) is 0 Å². The summed E-state index contributed by atoms with van der Waals surface area (Å²) in [6, 6.07) is 0. The third kappa shape index (κ3) is 6.62. The van der Waals surface area contributed by atoms with Crippen LogP contribution in [-0.2, 0) is 4.79 Å². The average molecular weight is 200 g/mol. The van der Waals surface area contributed by atoms with Crippen LogP contribution in [0.3, 0.4) is 0 Å². The van der Waals surface area contributed by atoms with Gasteiger partial charge in [0.1, 0.15) is 0 Å². The zero-order valence-electron chi connectivity index (χ0n) is 9.21. The summed E-state index contributed by atoms with van der Waals surface area (Å²) in [6.07, 6.45) is 1.70. The minimum Gasteiger partial charge on any atom is -0.389 e. The van der Waals surface area contributed by atoms with Crippen LogP contribution < -0.4 is 5.32 Å². The zero-order valence-corrected chi connectivity index (χ0v) is 9.21. The molecule has 4 heteroatoms. The lowest BCUT2D eigenvalue weighted by Gasteiger charge is -2.25. The highest BCUT2D eigenvalue weighted by Crippen LogP contribution is 2.02. The van der Waals surface area contributed by atoms with Gasteiger partial charge in [0.25, 0.3) is 0 Å². The largest absolute Gasteiger partial charge is 0.389 e. The SMILES string of the molecule is C=CCNCC(=O)N(C)CC(C)(C)O. The van der Waals surface area contributed by atoms with Crippen molar-refractivity contribution in [3.63, 3.8) is 0 Å². The first-order valence-electron chi connectivity index (χ1n) is 4.65. The third-order valence-corrected chi connectivity index (χ3v) is 1.61. The molecule has 0 saturated heterocycles. The van der Waals surface area contributed by atoms with Crippen LogP contribution in [0.1, 0.15) is 13.8 Å². The van der Waals surface area contributed by atoms with Crippen molar-refractivity contribution in [3.8, 4) is 0 Å². The number of carbonyl (C=O) groups excluding carboxylic acids is 1. The second kappa shape index (κ2) is 5.78. The molecule has 1 amide bonds. The Labute approximate surface area is 85.6 Å². The molecule has 0 radical (unpaired) electrons. The summed E-state index contributed by atoms with van der Waals surface area (Å²) in [5, 5.41) is 12.4. The molecule has 0 aliphatic heterocycles. The number of aliphatic hydroxyl groups is 1. The second-order valence-corrected chi connectivity index (χ2v) is 3.98. The van der Waals surface area contributed by atoms with Crippen LogP contribution >= 0.6 is 0 Å². The van der Waals surface area contributed by atoms with Crippen molar-refractivity contribution in [1.82, 2.24) is 10.2 Å².